The summed E-state index contributed by atoms with van der Waals surface area (Å²) < 4.78 is 38.2. The predicted octanol–water partition coefficient (Wildman–Crippen LogP) is 3.87. The second-order valence-corrected chi connectivity index (χ2v) is 6.90. The molecule has 0 spiro atoms. The summed E-state index contributed by atoms with van der Waals surface area (Å²) in [6.07, 6.45) is 4.47. The Kier molecular flexibility index (Phi) is 5.81. The molecule has 6 heteroatoms. The van der Waals surface area contributed by atoms with Gasteiger partial charge in [0.1, 0.15) is 0 Å². The van der Waals surface area contributed by atoms with Crippen LogP contribution in [0.1, 0.15) is 24.0 Å². The molecule has 1 unspecified atom stereocenters. The van der Waals surface area contributed by atoms with E-state index in [0.29, 0.717) is 12.5 Å². The number of halogens is 3. The summed E-state index contributed by atoms with van der Waals surface area (Å²) in [5, 5.41) is 3.40. The Balaban J connectivity index is 1.45. The lowest BCUT2D eigenvalue weighted by Gasteiger charge is -2.28. The Morgan fingerprint density at radius 1 is 1.15 bits per heavy atom. The van der Waals surface area contributed by atoms with Gasteiger partial charge in [0, 0.05) is 25.5 Å². The first-order chi connectivity index (χ1) is 12.4. The summed E-state index contributed by atoms with van der Waals surface area (Å²) in [6.45, 7) is 1.13. The average Bonchev–Trinajstić information content (AvgIpc) is 2.55. The van der Waals surface area contributed by atoms with Crippen molar-refractivity contribution in [2.75, 3.05) is 13.6 Å². The zero-order valence-electron chi connectivity index (χ0n) is 14.8. The van der Waals surface area contributed by atoms with E-state index in [4.69, 9.17) is 0 Å². The number of nitrogens with one attached hydrogen (secondary N) is 1. The smallest absolute Gasteiger partial charge is 0.351 e. The predicted molar refractivity (Wildman–Crippen MR) is 98.2 cm³/mol. The molecule has 2 aliphatic rings. The van der Waals surface area contributed by atoms with Crippen LogP contribution in [-0.4, -0.2) is 43.1 Å². The van der Waals surface area contributed by atoms with Crippen molar-refractivity contribution in [3.63, 3.8) is 0 Å². The first kappa shape index (κ1) is 18.7. The lowest BCUT2D eigenvalue weighted by Crippen LogP contribution is -2.44. The van der Waals surface area contributed by atoms with Crippen molar-refractivity contribution in [3.8, 4) is 0 Å². The Labute approximate surface area is 152 Å². The zero-order valence-corrected chi connectivity index (χ0v) is 14.8. The van der Waals surface area contributed by atoms with Crippen LogP contribution < -0.4 is 5.32 Å². The molecule has 2 heterocycles. The summed E-state index contributed by atoms with van der Waals surface area (Å²) in [5.74, 6) is 0. The van der Waals surface area contributed by atoms with Gasteiger partial charge in [0.15, 0.2) is 0 Å². The van der Waals surface area contributed by atoms with Crippen molar-refractivity contribution < 1.29 is 13.2 Å². The monoisotopic (exact) mass is 363 g/mol. The topological polar surface area (TPSA) is 27.6 Å². The summed E-state index contributed by atoms with van der Waals surface area (Å²) in [6, 6.07) is 9.25. The minimum absolute atomic E-state index is 0.573. The van der Waals surface area contributed by atoms with Crippen LogP contribution >= 0.6 is 0 Å². The number of alkyl halides is 3. The maximum atomic E-state index is 12.7. The Morgan fingerprint density at radius 2 is 1.81 bits per heavy atom. The van der Waals surface area contributed by atoms with Gasteiger partial charge in [-0.05, 0) is 48.9 Å². The Morgan fingerprint density at radius 3 is 2.38 bits per heavy atom. The molecule has 1 aromatic rings. The third kappa shape index (κ3) is 4.97. The fraction of sp³-hybridized carbons (Fsp3) is 0.450. The van der Waals surface area contributed by atoms with Gasteiger partial charge >= 0.3 is 6.18 Å². The Hall–Kier alpha value is -2.08. The van der Waals surface area contributed by atoms with Gasteiger partial charge < -0.3 is 10.2 Å². The second-order valence-electron chi connectivity index (χ2n) is 6.90. The SMILES string of the molecule is CN1C=C(C/C=C/Cc2ccc(C[C@@H]3CCN3)cc2)C=NC1C(F)(F)F. The largest absolute Gasteiger partial charge is 0.429 e. The highest BCUT2D eigenvalue weighted by Crippen LogP contribution is 2.27. The highest BCUT2D eigenvalue weighted by atomic mass is 19.4. The normalized spacial score (nSPS) is 23.2. The van der Waals surface area contributed by atoms with E-state index in [-0.39, 0.29) is 0 Å². The molecule has 0 amide bonds. The molecule has 3 rings (SSSR count). The number of rotatable bonds is 6. The fourth-order valence-corrected chi connectivity index (χ4v) is 3.12. The maximum absolute atomic E-state index is 12.7. The van der Waals surface area contributed by atoms with Crippen molar-refractivity contribution >= 4 is 6.21 Å². The van der Waals surface area contributed by atoms with Crippen LogP contribution in [-0.2, 0) is 12.8 Å². The van der Waals surface area contributed by atoms with E-state index in [1.54, 1.807) is 0 Å². The molecule has 0 aromatic heterocycles. The Bertz CT molecular complexity index is 685. The maximum Gasteiger partial charge on any atom is 0.429 e. The van der Waals surface area contributed by atoms with E-state index < -0.39 is 12.3 Å². The van der Waals surface area contributed by atoms with Crippen LogP contribution in [0.15, 0.2) is 53.2 Å². The van der Waals surface area contributed by atoms with Crippen molar-refractivity contribution in [1.29, 1.82) is 0 Å². The lowest BCUT2D eigenvalue weighted by molar-refractivity contribution is -0.171. The highest BCUT2D eigenvalue weighted by Gasteiger charge is 2.42. The van der Waals surface area contributed by atoms with Crippen LogP contribution in [0.3, 0.4) is 0 Å². The first-order valence-electron chi connectivity index (χ1n) is 8.90. The van der Waals surface area contributed by atoms with Crippen LogP contribution in [0.2, 0.25) is 0 Å². The third-order valence-corrected chi connectivity index (χ3v) is 4.73. The summed E-state index contributed by atoms with van der Waals surface area (Å²) in [5.41, 5.74) is 3.35. The van der Waals surface area contributed by atoms with Crippen molar-refractivity contribution in [3.05, 3.63) is 59.3 Å². The number of allylic oxidation sites excluding steroid dienone is 3. The number of nitrogens with zero attached hydrogens (tertiary/aromatic N) is 2. The number of aliphatic imine (C=N–C) groups is 1. The zero-order chi connectivity index (χ0) is 18.6. The average molecular weight is 363 g/mol. The second kappa shape index (κ2) is 8.08. The number of hydrogen-bond donors (Lipinski definition) is 1. The van der Waals surface area contributed by atoms with Gasteiger partial charge in [-0.2, -0.15) is 13.2 Å². The van der Waals surface area contributed by atoms with Crippen molar-refractivity contribution in [2.24, 2.45) is 4.99 Å². The minimum atomic E-state index is -4.34. The van der Waals surface area contributed by atoms with Crippen LogP contribution in [0.25, 0.3) is 0 Å². The van der Waals surface area contributed by atoms with Gasteiger partial charge in [-0.25, -0.2) is 0 Å². The van der Waals surface area contributed by atoms with Gasteiger partial charge in [0.05, 0.1) is 0 Å². The molecule has 1 fully saturated rings. The van der Waals surface area contributed by atoms with E-state index in [1.165, 1.54) is 37.0 Å². The molecule has 26 heavy (non-hydrogen) atoms. The van der Waals surface area contributed by atoms with Crippen LogP contribution in [0, 0.1) is 0 Å². The van der Waals surface area contributed by atoms with E-state index in [0.717, 1.165) is 29.9 Å². The van der Waals surface area contributed by atoms with Gasteiger partial charge in [0.2, 0.25) is 6.17 Å². The number of hydrogen-bond acceptors (Lipinski definition) is 3. The van der Waals surface area contributed by atoms with Gasteiger partial charge in [-0.1, -0.05) is 36.4 Å². The molecule has 1 saturated heterocycles. The third-order valence-electron chi connectivity index (χ3n) is 4.73. The molecule has 140 valence electrons. The molecule has 0 radical (unpaired) electrons. The van der Waals surface area contributed by atoms with E-state index >= 15 is 0 Å². The minimum Gasteiger partial charge on any atom is -0.351 e. The lowest BCUT2D eigenvalue weighted by atomic mass is 9.97. The molecule has 3 nitrogen and oxygen atoms in total. The number of benzene rings is 1. The molecule has 0 aliphatic carbocycles. The summed E-state index contributed by atoms with van der Waals surface area (Å²) >= 11 is 0. The van der Waals surface area contributed by atoms with Crippen molar-refractivity contribution in [2.45, 2.75) is 44.1 Å². The molecule has 0 saturated carbocycles. The molecule has 2 atom stereocenters. The first-order valence-corrected chi connectivity index (χ1v) is 8.90. The molecular weight excluding hydrogens is 339 g/mol. The molecule has 0 bridgehead atoms. The van der Waals surface area contributed by atoms with Gasteiger partial charge in [-0.15, -0.1) is 0 Å². The van der Waals surface area contributed by atoms with Crippen molar-refractivity contribution in [1.82, 2.24) is 10.2 Å². The molecular formula is C20H24F3N3. The summed E-state index contributed by atoms with van der Waals surface area (Å²) in [4.78, 5) is 4.72. The summed E-state index contributed by atoms with van der Waals surface area (Å²) in [7, 11) is 1.40. The molecule has 1 N–H and O–H groups in total. The quantitative estimate of drug-likeness (QED) is 0.777. The van der Waals surface area contributed by atoms with Gasteiger partial charge in [-0.3, -0.25) is 4.99 Å². The van der Waals surface area contributed by atoms with Crippen LogP contribution in [0.4, 0.5) is 13.2 Å². The van der Waals surface area contributed by atoms with E-state index in [2.05, 4.69) is 34.6 Å². The fourth-order valence-electron chi connectivity index (χ4n) is 3.12. The van der Waals surface area contributed by atoms with Gasteiger partial charge in [0.25, 0.3) is 0 Å². The van der Waals surface area contributed by atoms with E-state index in [9.17, 15) is 13.2 Å². The molecule has 1 aromatic carbocycles. The molecule has 2 aliphatic heterocycles. The highest BCUT2D eigenvalue weighted by molar-refractivity contribution is 5.79. The van der Waals surface area contributed by atoms with Crippen LogP contribution in [0.5, 0.6) is 0 Å². The van der Waals surface area contributed by atoms with E-state index in [1.807, 2.05) is 12.2 Å². The standard InChI is InChI=1S/C20H24F3N3/c1-26-14-17(13-25-19(26)20(21,22)23)5-3-2-4-15-6-8-16(9-7-15)12-18-10-11-24-18/h2-3,6-9,13-14,18-19,24H,4-5,10-12H2,1H3/b3-2+/t18-,19?/m0/s1.